The van der Waals surface area contributed by atoms with E-state index < -0.39 is 42.0 Å². The molecule has 7 atom stereocenters. The average molecular weight is 253 g/mol. The molecule has 0 radical (unpaired) electrons. The zero-order valence-electron chi connectivity index (χ0n) is 9.22. The molecule has 96 valence electrons. The summed E-state index contributed by atoms with van der Waals surface area (Å²) in [6, 6.07) is -0.813. The van der Waals surface area contributed by atoms with Crippen LogP contribution in [0.4, 0.5) is 0 Å². The van der Waals surface area contributed by atoms with E-state index in [0.717, 1.165) is 0 Å². The van der Waals surface area contributed by atoms with Gasteiger partial charge in [0.2, 0.25) is 0 Å². The maximum Gasteiger partial charge on any atom is 0.132 e. The molecule has 0 aromatic heterocycles. The average Bonchev–Trinajstić information content (AvgIpc) is 2.25. The summed E-state index contributed by atoms with van der Waals surface area (Å²) in [5, 5.41) is 38.2. The third-order valence-corrected chi connectivity index (χ3v) is 3.63. The Morgan fingerprint density at radius 1 is 1.19 bits per heavy atom. The van der Waals surface area contributed by atoms with Crippen LogP contribution in [-0.4, -0.2) is 68.7 Å². The fourth-order valence-corrected chi connectivity index (χ4v) is 2.34. The van der Waals surface area contributed by atoms with Gasteiger partial charge in [0.15, 0.2) is 0 Å². The van der Waals surface area contributed by atoms with E-state index in [1.807, 2.05) is 0 Å². The van der Waals surface area contributed by atoms with Crippen molar-refractivity contribution in [1.82, 2.24) is 0 Å². The van der Waals surface area contributed by atoms with Crippen LogP contribution in [0.1, 0.15) is 6.92 Å². The van der Waals surface area contributed by atoms with Crippen molar-refractivity contribution in [2.45, 2.75) is 48.9 Å². The van der Waals surface area contributed by atoms with E-state index in [4.69, 9.17) is 10.5 Å². The van der Waals surface area contributed by atoms with Crippen LogP contribution in [0.25, 0.3) is 0 Å². The third-order valence-electron chi connectivity index (χ3n) is 2.78. The highest BCUT2D eigenvalue weighted by Crippen LogP contribution is 2.28. The quantitative estimate of drug-likeness (QED) is 0.390. The summed E-state index contributed by atoms with van der Waals surface area (Å²) in [5.41, 5.74) is 5.01. The molecule has 6 N–H and O–H groups in total. The number of nitrogens with two attached hydrogens (primary N) is 1. The van der Waals surface area contributed by atoms with Crippen LogP contribution in [0.2, 0.25) is 0 Å². The van der Waals surface area contributed by atoms with Crippen LogP contribution in [-0.2, 0) is 4.74 Å². The highest BCUT2D eigenvalue weighted by Gasteiger charge is 2.46. The Balaban J connectivity index is 2.78. The molecule has 0 aliphatic carbocycles. The van der Waals surface area contributed by atoms with Crippen molar-refractivity contribution in [2.24, 2.45) is 5.73 Å². The summed E-state index contributed by atoms with van der Waals surface area (Å²) in [5.74, 6) is 0. The van der Waals surface area contributed by atoms with Crippen LogP contribution in [0.3, 0.4) is 0 Å². The number of rotatable bonds is 3. The second-order valence-electron chi connectivity index (χ2n) is 3.99. The Labute approximate surface area is 98.4 Å². The summed E-state index contributed by atoms with van der Waals surface area (Å²) in [6.07, 6.45) is -3.84. The molecule has 0 amide bonds. The van der Waals surface area contributed by atoms with Gasteiger partial charge in [0.05, 0.1) is 12.1 Å². The summed E-state index contributed by atoms with van der Waals surface area (Å²) < 4.78 is 5.37. The first-order chi connectivity index (χ1) is 7.40. The van der Waals surface area contributed by atoms with E-state index in [2.05, 4.69) is 0 Å². The number of aliphatic hydroxyl groups excluding tert-OH is 4. The topological polar surface area (TPSA) is 116 Å². The molecule has 1 saturated heterocycles. The predicted octanol–water partition coefficient (Wildman–Crippen LogP) is -2.13. The lowest BCUT2D eigenvalue weighted by Gasteiger charge is -2.42. The molecule has 1 fully saturated rings. The number of thioether (sulfide) groups is 1. The van der Waals surface area contributed by atoms with Crippen LogP contribution >= 0.6 is 11.8 Å². The second-order valence-corrected chi connectivity index (χ2v) is 4.93. The molecule has 1 heterocycles. The minimum Gasteiger partial charge on any atom is -0.392 e. The summed E-state index contributed by atoms with van der Waals surface area (Å²) >= 11 is 1.21. The molecule has 0 aromatic rings. The standard InChI is InChI=1S/C9H19NO5S/c1-3(11)4(10)8-6(13)5(12)7(14)9(15-8)16-2/h3-9,11-14H,10H2,1-2H3/t3-,4-,5+,6-,7-,8-,9?/m1/s1. The molecular formula is C9H19NO5S. The summed E-state index contributed by atoms with van der Waals surface area (Å²) in [7, 11) is 0. The molecular weight excluding hydrogens is 234 g/mol. The Morgan fingerprint density at radius 2 is 1.75 bits per heavy atom. The van der Waals surface area contributed by atoms with Gasteiger partial charge in [0.1, 0.15) is 29.9 Å². The van der Waals surface area contributed by atoms with Gasteiger partial charge in [-0.2, -0.15) is 0 Å². The number of ether oxygens (including phenoxy) is 1. The molecule has 1 aliphatic rings. The fraction of sp³-hybridized carbons (Fsp3) is 1.00. The van der Waals surface area contributed by atoms with E-state index in [1.165, 1.54) is 18.7 Å². The van der Waals surface area contributed by atoms with Gasteiger partial charge >= 0.3 is 0 Å². The summed E-state index contributed by atoms with van der Waals surface area (Å²) in [6.45, 7) is 1.48. The van der Waals surface area contributed by atoms with Crippen LogP contribution in [0, 0.1) is 0 Å². The molecule has 0 aromatic carbocycles. The van der Waals surface area contributed by atoms with Gasteiger partial charge < -0.3 is 30.9 Å². The van der Waals surface area contributed by atoms with Crippen molar-refractivity contribution in [3.63, 3.8) is 0 Å². The Morgan fingerprint density at radius 3 is 2.19 bits per heavy atom. The van der Waals surface area contributed by atoms with Crippen molar-refractivity contribution in [3.8, 4) is 0 Å². The van der Waals surface area contributed by atoms with Crippen LogP contribution < -0.4 is 5.73 Å². The van der Waals surface area contributed by atoms with Gasteiger partial charge in [-0.05, 0) is 13.2 Å². The minimum atomic E-state index is -1.32. The van der Waals surface area contributed by atoms with Gasteiger partial charge in [0, 0.05) is 0 Å². The maximum absolute atomic E-state index is 9.71. The third kappa shape index (κ3) is 2.67. The molecule has 0 spiro atoms. The second kappa shape index (κ2) is 5.63. The van der Waals surface area contributed by atoms with Gasteiger partial charge in [-0.1, -0.05) is 0 Å². The largest absolute Gasteiger partial charge is 0.392 e. The van der Waals surface area contributed by atoms with E-state index in [9.17, 15) is 20.4 Å². The predicted molar refractivity (Wildman–Crippen MR) is 59.9 cm³/mol. The molecule has 16 heavy (non-hydrogen) atoms. The van der Waals surface area contributed by atoms with Crippen molar-refractivity contribution >= 4 is 11.8 Å². The fourth-order valence-electron chi connectivity index (χ4n) is 1.66. The zero-order chi connectivity index (χ0) is 12.5. The van der Waals surface area contributed by atoms with E-state index in [0.29, 0.717) is 0 Å². The minimum absolute atomic E-state index is 0.659. The number of aliphatic hydroxyl groups is 4. The lowest BCUT2D eigenvalue weighted by molar-refractivity contribution is -0.207. The first-order valence-corrected chi connectivity index (χ1v) is 6.35. The van der Waals surface area contributed by atoms with Crippen LogP contribution in [0.15, 0.2) is 0 Å². The lowest BCUT2D eigenvalue weighted by Crippen LogP contribution is -2.63. The Bertz CT molecular complexity index is 228. The van der Waals surface area contributed by atoms with Crippen molar-refractivity contribution in [3.05, 3.63) is 0 Å². The first-order valence-electron chi connectivity index (χ1n) is 5.06. The van der Waals surface area contributed by atoms with Crippen molar-refractivity contribution in [1.29, 1.82) is 0 Å². The van der Waals surface area contributed by atoms with Gasteiger partial charge in [-0.3, -0.25) is 0 Å². The molecule has 1 aliphatic heterocycles. The van der Waals surface area contributed by atoms with Crippen LogP contribution in [0.5, 0.6) is 0 Å². The SMILES string of the molecule is CSC1O[C@H]([C@H](N)[C@@H](C)O)[C@H](O)[C@H](O)[C@H]1O. The van der Waals surface area contributed by atoms with Crippen molar-refractivity contribution < 1.29 is 25.2 Å². The molecule has 0 saturated carbocycles. The Kier molecular flexibility index (Phi) is 4.99. The van der Waals surface area contributed by atoms with E-state index in [-0.39, 0.29) is 0 Å². The van der Waals surface area contributed by atoms with Gasteiger partial charge in [-0.25, -0.2) is 0 Å². The monoisotopic (exact) mass is 253 g/mol. The maximum atomic E-state index is 9.71. The number of hydrogen-bond donors (Lipinski definition) is 5. The lowest BCUT2D eigenvalue weighted by atomic mass is 9.93. The van der Waals surface area contributed by atoms with Gasteiger partial charge in [-0.15, -0.1) is 11.8 Å². The molecule has 0 bridgehead atoms. The smallest absolute Gasteiger partial charge is 0.132 e. The summed E-state index contributed by atoms with van der Waals surface area (Å²) in [4.78, 5) is 0. The zero-order valence-corrected chi connectivity index (χ0v) is 10.0. The molecule has 1 rings (SSSR count). The highest BCUT2D eigenvalue weighted by molar-refractivity contribution is 7.99. The molecule has 6 nitrogen and oxygen atoms in total. The van der Waals surface area contributed by atoms with E-state index in [1.54, 1.807) is 6.26 Å². The first kappa shape index (κ1) is 14.2. The van der Waals surface area contributed by atoms with Gasteiger partial charge in [0.25, 0.3) is 0 Å². The molecule has 7 heteroatoms. The molecule has 1 unspecified atom stereocenters. The normalized spacial score (nSPS) is 44.1. The Hall–Kier alpha value is 0.110. The van der Waals surface area contributed by atoms with E-state index >= 15 is 0 Å². The highest BCUT2D eigenvalue weighted by atomic mass is 32.2. The van der Waals surface area contributed by atoms with Crippen molar-refractivity contribution in [2.75, 3.05) is 6.26 Å². The number of hydrogen-bond acceptors (Lipinski definition) is 7.